The number of hydrogen-bond acceptors (Lipinski definition) is 5. The van der Waals surface area contributed by atoms with E-state index in [1.54, 1.807) is 0 Å². The highest BCUT2D eigenvalue weighted by molar-refractivity contribution is 8.00. The lowest BCUT2D eigenvalue weighted by atomic mass is 10.0. The zero-order chi connectivity index (χ0) is 18.8. The van der Waals surface area contributed by atoms with Gasteiger partial charge in [0.25, 0.3) is 0 Å². The van der Waals surface area contributed by atoms with Crippen molar-refractivity contribution in [3.05, 3.63) is 77.1 Å². The van der Waals surface area contributed by atoms with Gasteiger partial charge in [-0.05, 0) is 25.0 Å². The summed E-state index contributed by atoms with van der Waals surface area (Å²) in [7, 11) is 0. The Morgan fingerprint density at radius 2 is 1.85 bits per heavy atom. The number of thioether (sulfide) groups is 1. The fourth-order valence-electron chi connectivity index (χ4n) is 3.07. The van der Waals surface area contributed by atoms with E-state index in [1.807, 2.05) is 41.9 Å². The van der Waals surface area contributed by atoms with Crippen LogP contribution in [-0.2, 0) is 11.3 Å². The van der Waals surface area contributed by atoms with Gasteiger partial charge in [0.1, 0.15) is 11.1 Å². The van der Waals surface area contributed by atoms with Crippen molar-refractivity contribution in [1.82, 2.24) is 20.2 Å². The summed E-state index contributed by atoms with van der Waals surface area (Å²) in [6.45, 7) is 4.45. The standard InChI is InChI=1S/C20H21N5OS/c1-13-8-10-16(11-9-13)17-18(27-20-23-22-14(2)25(20)24-17)19(26)21-12-15-6-4-3-5-7-15/h3-11,17-18,24H,12H2,1-2H3,(H,21,26)/t17-,18+/m1/s1. The molecule has 1 amide bonds. The first-order chi connectivity index (χ1) is 13.1. The molecule has 0 aliphatic carbocycles. The Labute approximate surface area is 162 Å². The van der Waals surface area contributed by atoms with Crippen LogP contribution in [-0.4, -0.2) is 26.0 Å². The lowest BCUT2D eigenvalue weighted by Crippen LogP contribution is -2.44. The molecule has 4 rings (SSSR count). The minimum absolute atomic E-state index is 0.0196. The van der Waals surface area contributed by atoms with Crippen molar-refractivity contribution in [3.63, 3.8) is 0 Å². The van der Waals surface area contributed by atoms with Crippen LogP contribution in [0.25, 0.3) is 0 Å². The molecule has 2 heterocycles. The van der Waals surface area contributed by atoms with Crippen molar-refractivity contribution >= 4 is 17.7 Å². The van der Waals surface area contributed by atoms with Gasteiger partial charge in [0, 0.05) is 6.54 Å². The molecule has 0 unspecified atom stereocenters. The lowest BCUT2D eigenvalue weighted by Gasteiger charge is -2.32. The Balaban J connectivity index is 1.59. The topological polar surface area (TPSA) is 71.8 Å². The van der Waals surface area contributed by atoms with Gasteiger partial charge >= 0.3 is 0 Å². The molecule has 0 radical (unpaired) electrons. The Morgan fingerprint density at radius 1 is 1.11 bits per heavy atom. The number of nitrogens with zero attached hydrogens (tertiary/aromatic N) is 3. The van der Waals surface area contributed by atoms with Crippen LogP contribution in [0.4, 0.5) is 0 Å². The third kappa shape index (κ3) is 3.68. The first kappa shape index (κ1) is 17.6. The number of rotatable bonds is 4. The summed E-state index contributed by atoms with van der Waals surface area (Å²) >= 11 is 1.44. The van der Waals surface area contributed by atoms with Crippen LogP contribution in [0.3, 0.4) is 0 Å². The van der Waals surface area contributed by atoms with Gasteiger partial charge in [0.2, 0.25) is 11.1 Å². The predicted octanol–water partition coefficient (Wildman–Crippen LogP) is 2.97. The van der Waals surface area contributed by atoms with Crippen molar-refractivity contribution in [3.8, 4) is 0 Å². The fraction of sp³-hybridized carbons (Fsp3) is 0.250. The highest BCUT2D eigenvalue weighted by atomic mass is 32.2. The number of fused-ring (bicyclic) bond motifs is 1. The Kier molecular flexibility index (Phi) is 4.85. The number of aryl methyl sites for hydroxylation is 2. The van der Waals surface area contributed by atoms with Gasteiger partial charge in [0.05, 0.1) is 6.04 Å². The highest BCUT2D eigenvalue weighted by Crippen LogP contribution is 2.37. The molecule has 0 spiro atoms. The number of carbonyl (C=O) groups excluding carboxylic acids is 1. The van der Waals surface area contributed by atoms with Crippen molar-refractivity contribution in [2.45, 2.75) is 36.8 Å². The lowest BCUT2D eigenvalue weighted by molar-refractivity contribution is -0.121. The number of benzene rings is 2. The van der Waals surface area contributed by atoms with E-state index in [9.17, 15) is 4.79 Å². The summed E-state index contributed by atoms with van der Waals surface area (Å²) < 4.78 is 1.86. The zero-order valence-electron chi connectivity index (χ0n) is 15.2. The fourth-order valence-corrected chi connectivity index (χ4v) is 4.22. The molecule has 2 N–H and O–H groups in total. The molecule has 0 fully saturated rings. The van der Waals surface area contributed by atoms with E-state index in [-0.39, 0.29) is 17.2 Å². The third-order valence-corrected chi connectivity index (χ3v) is 5.82. The quantitative estimate of drug-likeness (QED) is 0.729. The van der Waals surface area contributed by atoms with E-state index in [4.69, 9.17) is 0 Å². The molecular formula is C20H21N5OS. The molecule has 1 aromatic heterocycles. The van der Waals surface area contributed by atoms with E-state index >= 15 is 0 Å². The average molecular weight is 379 g/mol. The van der Waals surface area contributed by atoms with Crippen LogP contribution in [0, 0.1) is 13.8 Å². The Morgan fingerprint density at radius 3 is 2.59 bits per heavy atom. The second-order valence-electron chi connectivity index (χ2n) is 6.62. The van der Waals surface area contributed by atoms with Crippen LogP contribution >= 0.6 is 11.8 Å². The molecule has 0 saturated heterocycles. The molecule has 3 aromatic rings. The Bertz CT molecular complexity index is 939. The molecule has 1 aliphatic heterocycles. The summed E-state index contributed by atoms with van der Waals surface area (Å²) in [5.41, 5.74) is 6.74. The number of nitrogens with one attached hydrogen (secondary N) is 2. The van der Waals surface area contributed by atoms with Gasteiger partial charge in [-0.2, -0.15) is 0 Å². The first-order valence-electron chi connectivity index (χ1n) is 8.85. The van der Waals surface area contributed by atoms with Crippen LogP contribution in [0.1, 0.15) is 28.6 Å². The minimum Gasteiger partial charge on any atom is -0.351 e. The van der Waals surface area contributed by atoms with E-state index in [2.05, 4.69) is 52.1 Å². The maximum Gasteiger partial charge on any atom is 0.236 e. The first-order valence-corrected chi connectivity index (χ1v) is 9.73. The molecular weight excluding hydrogens is 358 g/mol. The summed E-state index contributed by atoms with van der Waals surface area (Å²) in [6, 6.07) is 18.0. The Hall–Kier alpha value is -2.80. The number of hydrogen-bond donors (Lipinski definition) is 2. The van der Waals surface area contributed by atoms with Crippen molar-refractivity contribution in [2.24, 2.45) is 0 Å². The van der Waals surface area contributed by atoms with E-state index in [0.717, 1.165) is 17.0 Å². The predicted molar refractivity (Wildman–Crippen MR) is 106 cm³/mol. The van der Waals surface area contributed by atoms with Crippen LogP contribution in [0.15, 0.2) is 59.8 Å². The molecule has 138 valence electrons. The third-order valence-electron chi connectivity index (χ3n) is 4.60. The monoisotopic (exact) mass is 379 g/mol. The summed E-state index contributed by atoms with van der Waals surface area (Å²) in [5.74, 6) is 0.756. The zero-order valence-corrected chi connectivity index (χ0v) is 16.0. The van der Waals surface area contributed by atoms with Crippen molar-refractivity contribution in [1.29, 1.82) is 0 Å². The number of aromatic nitrogens is 3. The molecule has 27 heavy (non-hydrogen) atoms. The molecule has 0 saturated carbocycles. The average Bonchev–Trinajstić information content (AvgIpc) is 3.07. The number of amides is 1. The SMILES string of the molecule is Cc1ccc([C@H]2Nn3c(C)nnc3S[C@@H]2C(=O)NCc2ccccc2)cc1. The van der Waals surface area contributed by atoms with E-state index in [1.165, 1.54) is 17.3 Å². The molecule has 1 aliphatic rings. The van der Waals surface area contributed by atoms with E-state index < -0.39 is 0 Å². The van der Waals surface area contributed by atoms with Crippen molar-refractivity contribution in [2.75, 3.05) is 5.43 Å². The molecule has 6 nitrogen and oxygen atoms in total. The van der Waals surface area contributed by atoms with Gasteiger partial charge in [-0.15, -0.1) is 10.2 Å². The van der Waals surface area contributed by atoms with Crippen molar-refractivity contribution < 1.29 is 4.79 Å². The minimum atomic E-state index is -0.340. The summed E-state index contributed by atoms with van der Waals surface area (Å²) in [4.78, 5) is 13.0. The van der Waals surface area contributed by atoms with Crippen LogP contribution in [0.5, 0.6) is 0 Å². The molecule has 7 heteroatoms. The number of carbonyl (C=O) groups is 1. The van der Waals surface area contributed by atoms with Crippen LogP contribution in [0.2, 0.25) is 0 Å². The van der Waals surface area contributed by atoms with E-state index in [0.29, 0.717) is 11.7 Å². The smallest absolute Gasteiger partial charge is 0.236 e. The van der Waals surface area contributed by atoms with Gasteiger partial charge in [-0.3, -0.25) is 4.79 Å². The normalized spacial score (nSPS) is 18.4. The largest absolute Gasteiger partial charge is 0.351 e. The summed E-state index contributed by atoms with van der Waals surface area (Å²) in [6.07, 6.45) is 0. The molecule has 2 aromatic carbocycles. The maximum absolute atomic E-state index is 13.0. The van der Waals surface area contributed by atoms with Gasteiger partial charge in [0.15, 0.2) is 0 Å². The highest BCUT2D eigenvalue weighted by Gasteiger charge is 2.37. The van der Waals surface area contributed by atoms with Gasteiger partial charge in [-0.25, -0.2) is 4.68 Å². The van der Waals surface area contributed by atoms with Gasteiger partial charge < -0.3 is 10.7 Å². The summed E-state index contributed by atoms with van der Waals surface area (Å²) in [5, 5.41) is 11.7. The molecule has 0 bridgehead atoms. The van der Waals surface area contributed by atoms with Gasteiger partial charge in [-0.1, -0.05) is 71.9 Å². The second-order valence-corrected chi connectivity index (χ2v) is 7.73. The second kappa shape index (κ2) is 7.44. The maximum atomic E-state index is 13.0. The molecule has 2 atom stereocenters. The van der Waals surface area contributed by atoms with Crippen LogP contribution < -0.4 is 10.7 Å².